The minimum absolute atomic E-state index is 1.10. The highest BCUT2D eigenvalue weighted by atomic mass is 32.2. The second-order valence-electron chi connectivity index (χ2n) is 5.69. The van der Waals surface area contributed by atoms with E-state index in [4.69, 9.17) is 0 Å². The van der Waals surface area contributed by atoms with Crippen molar-refractivity contribution in [1.82, 2.24) is 0 Å². The molecule has 2 aromatic carbocycles. The Labute approximate surface area is 134 Å². The summed E-state index contributed by atoms with van der Waals surface area (Å²) in [5, 5.41) is 2.69. The third-order valence-electron chi connectivity index (χ3n) is 3.88. The summed E-state index contributed by atoms with van der Waals surface area (Å²) in [6.45, 7) is 3.89. The van der Waals surface area contributed by atoms with Crippen LogP contribution in [0.1, 0.15) is 51.4 Å². The Bertz CT molecular complexity index is 518. The van der Waals surface area contributed by atoms with Gasteiger partial charge in [0.15, 0.2) is 0 Å². The van der Waals surface area contributed by atoms with Crippen LogP contribution in [0.4, 0.5) is 0 Å². The molecule has 0 atom stereocenters. The van der Waals surface area contributed by atoms with Gasteiger partial charge >= 0.3 is 0 Å². The topological polar surface area (TPSA) is 0 Å². The van der Waals surface area contributed by atoms with Gasteiger partial charge in [0.1, 0.15) is 0 Å². The predicted molar refractivity (Wildman–Crippen MR) is 97.0 cm³/mol. The summed E-state index contributed by atoms with van der Waals surface area (Å²) in [6.07, 6.45) is 10.7. The molecule has 1 radical (unpaired) electrons. The van der Waals surface area contributed by atoms with Crippen molar-refractivity contribution < 1.29 is 0 Å². The molecule has 0 saturated heterocycles. The van der Waals surface area contributed by atoms with Crippen LogP contribution in [0.3, 0.4) is 0 Å². The van der Waals surface area contributed by atoms with E-state index in [0.717, 1.165) is 6.42 Å². The van der Waals surface area contributed by atoms with E-state index in [-0.39, 0.29) is 0 Å². The third-order valence-corrected chi connectivity index (χ3v) is 4.96. The Morgan fingerprint density at radius 3 is 2.14 bits per heavy atom. The lowest BCUT2D eigenvalue weighted by Gasteiger charge is -2.04. The first kappa shape index (κ1) is 16.4. The molecule has 0 saturated carbocycles. The van der Waals surface area contributed by atoms with Crippen LogP contribution in [0.5, 0.6) is 0 Å². The summed E-state index contributed by atoms with van der Waals surface area (Å²) < 4.78 is 0. The fourth-order valence-electron chi connectivity index (χ4n) is 2.61. The van der Waals surface area contributed by atoms with E-state index in [2.05, 4.69) is 49.4 Å². The Balaban J connectivity index is 1.59. The van der Waals surface area contributed by atoms with Crippen LogP contribution in [0.15, 0.2) is 47.4 Å². The van der Waals surface area contributed by atoms with Crippen LogP contribution < -0.4 is 0 Å². The molecule has 2 aromatic rings. The number of hydrogen-bond acceptors (Lipinski definition) is 1. The van der Waals surface area contributed by atoms with E-state index in [1.165, 1.54) is 66.4 Å². The number of thioether (sulfide) groups is 1. The van der Waals surface area contributed by atoms with Crippen LogP contribution in [0, 0.1) is 6.92 Å². The summed E-state index contributed by atoms with van der Waals surface area (Å²) in [7, 11) is 0. The van der Waals surface area contributed by atoms with Gasteiger partial charge in [-0.05, 0) is 35.1 Å². The van der Waals surface area contributed by atoms with Crippen LogP contribution in [-0.2, 0) is 0 Å². The van der Waals surface area contributed by atoms with Gasteiger partial charge in [0.2, 0.25) is 0 Å². The smallest absolute Gasteiger partial charge is 0.00783 e. The largest absolute Gasteiger partial charge is 0.126 e. The Morgan fingerprint density at radius 2 is 1.38 bits per heavy atom. The van der Waals surface area contributed by atoms with Gasteiger partial charge < -0.3 is 0 Å². The molecular weight excluding hydrogens is 272 g/mol. The summed E-state index contributed by atoms with van der Waals surface area (Å²) in [5.41, 5.74) is 0. The lowest BCUT2D eigenvalue weighted by Crippen LogP contribution is -1.83. The van der Waals surface area contributed by atoms with Gasteiger partial charge in [0.25, 0.3) is 0 Å². The van der Waals surface area contributed by atoms with Gasteiger partial charge in [-0.2, -0.15) is 0 Å². The number of hydrogen-bond donors (Lipinski definition) is 0. The average Bonchev–Trinajstić information content (AvgIpc) is 2.53. The van der Waals surface area contributed by atoms with E-state index in [9.17, 15) is 0 Å². The van der Waals surface area contributed by atoms with Crippen LogP contribution in [0.2, 0.25) is 0 Å². The molecule has 0 N–H and O–H groups in total. The quantitative estimate of drug-likeness (QED) is 0.340. The molecule has 0 aliphatic rings. The normalized spacial score (nSPS) is 11.1. The average molecular weight is 300 g/mol. The molecule has 113 valence electrons. The molecule has 21 heavy (non-hydrogen) atoms. The molecule has 0 aliphatic carbocycles. The fraction of sp³-hybridized carbons (Fsp3) is 0.450. The third kappa shape index (κ3) is 6.13. The molecule has 0 spiro atoms. The highest BCUT2D eigenvalue weighted by molar-refractivity contribution is 7.99. The second kappa shape index (κ2) is 9.89. The number of rotatable bonds is 10. The van der Waals surface area contributed by atoms with Crippen molar-refractivity contribution in [2.24, 2.45) is 0 Å². The maximum absolute atomic E-state index is 3.89. The minimum atomic E-state index is 1.10. The van der Waals surface area contributed by atoms with Crippen molar-refractivity contribution >= 4 is 22.5 Å². The molecule has 0 unspecified atom stereocenters. The molecule has 1 heteroatoms. The van der Waals surface area contributed by atoms with Crippen LogP contribution >= 0.6 is 11.8 Å². The van der Waals surface area contributed by atoms with Crippen molar-refractivity contribution in [2.75, 3.05) is 5.75 Å². The predicted octanol–water partition coefficient (Wildman–Crippen LogP) is 6.89. The maximum Gasteiger partial charge on any atom is 0.00783 e. The summed E-state index contributed by atoms with van der Waals surface area (Å²) in [5.74, 6) is 1.25. The lowest BCUT2D eigenvalue weighted by molar-refractivity contribution is 0.593. The highest BCUT2D eigenvalue weighted by Gasteiger charge is 1.97. The van der Waals surface area contributed by atoms with Crippen molar-refractivity contribution in [3.05, 3.63) is 49.4 Å². The molecule has 0 nitrogen and oxygen atoms in total. The zero-order chi connectivity index (χ0) is 14.8. The Hall–Kier alpha value is -0.950. The monoisotopic (exact) mass is 299 g/mol. The minimum Gasteiger partial charge on any atom is -0.126 e. The van der Waals surface area contributed by atoms with Gasteiger partial charge in [0, 0.05) is 4.90 Å². The summed E-state index contributed by atoms with van der Waals surface area (Å²) >= 11 is 2.00. The molecule has 0 heterocycles. The highest BCUT2D eigenvalue weighted by Crippen LogP contribution is 2.24. The first-order valence-corrected chi connectivity index (χ1v) is 9.29. The van der Waals surface area contributed by atoms with E-state index < -0.39 is 0 Å². The van der Waals surface area contributed by atoms with Gasteiger partial charge in [-0.3, -0.25) is 0 Å². The number of unbranched alkanes of at least 4 members (excludes halogenated alkanes) is 7. The zero-order valence-corrected chi connectivity index (χ0v) is 13.8. The van der Waals surface area contributed by atoms with Gasteiger partial charge in [-0.25, -0.2) is 0 Å². The van der Waals surface area contributed by atoms with Crippen LogP contribution in [-0.4, -0.2) is 5.75 Å². The van der Waals surface area contributed by atoms with E-state index >= 15 is 0 Å². The zero-order valence-electron chi connectivity index (χ0n) is 13.0. The van der Waals surface area contributed by atoms with Crippen molar-refractivity contribution in [3.63, 3.8) is 0 Å². The lowest BCUT2D eigenvalue weighted by atomic mass is 10.1. The first-order chi connectivity index (χ1) is 10.4. The molecule has 0 aromatic heterocycles. The fourth-order valence-corrected chi connectivity index (χ4v) is 3.57. The van der Waals surface area contributed by atoms with Gasteiger partial charge in [-0.1, -0.05) is 82.2 Å². The van der Waals surface area contributed by atoms with Crippen molar-refractivity contribution in [3.8, 4) is 0 Å². The first-order valence-electron chi connectivity index (χ1n) is 8.31. The van der Waals surface area contributed by atoms with Crippen molar-refractivity contribution in [1.29, 1.82) is 0 Å². The maximum atomic E-state index is 3.89. The molecule has 0 amide bonds. The molecule has 2 rings (SSSR count). The molecular formula is C20H27S. The summed E-state index contributed by atoms with van der Waals surface area (Å²) in [4.78, 5) is 1.41. The molecule has 0 fully saturated rings. The number of benzene rings is 2. The van der Waals surface area contributed by atoms with E-state index in [1.54, 1.807) is 0 Å². The van der Waals surface area contributed by atoms with E-state index in [0.29, 0.717) is 0 Å². The Kier molecular flexibility index (Phi) is 7.73. The number of fused-ring (bicyclic) bond motifs is 1. The SMILES string of the molecule is [CH2]CCCCCCCCCSc1ccc2ccccc2c1. The Morgan fingerprint density at radius 1 is 0.714 bits per heavy atom. The summed E-state index contributed by atoms with van der Waals surface area (Å²) in [6, 6.07) is 15.4. The van der Waals surface area contributed by atoms with Gasteiger partial charge in [0.05, 0.1) is 0 Å². The van der Waals surface area contributed by atoms with Crippen molar-refractivity contribution in [2.45, 2.75) is 56.3 Å². The standard InChI is InChI=1S/C20H27S/c1-2-3-4-5-6-7-8-11-16-21-20-15-14-18-12-9-10-13-19(18)17-20/h9-10,12-15,17H,1-8,11,16H2. The van der Waals surface area contributed by atoms with Gasteiger partial charge in [-0.15, -0.1) is 11.8 Å². The second-order valence-corrected chi connectivity index (χ2v) is 6.85. The van der Waals surface area contributed by atoms with Crippen LogP contribution in [0.25, 0.3) is 10.8 Å². The van der Waals surface area contributed by atoms with E-state index in [1.807, 2.05) is 11.8 Å². The molecule has 0 bridgehead atoms. The molecule has 0 aliphatic heterocycles.